The molecule has 7 nitrogen and oxygen atoms in total. The Labute approximate surface area is 207 Å². The summed E-state index contributed by atoms with van der Waals surface area (Å²) in [6.45, 7) is 12.9. The smallest absolute Gasteiger partial charge is 0.241 e. The van der Waals surface area contributed by atoms with Crippen molar-refractivity contribution in [2.24, 2.45) is 5.92 Å². The van der Waals surface area contributed by atoms with E-state index in [0.29, 0.717) is 30.6 Å². The van der Waals surface area contributed by atoms with E-state index in [9.17, 15) is 4.79 Å². The molecule has 1 fully saturated rings. The zero-order valence-corrected chi connectivity index (χ0v) is 20.8. The van der Waals surface area contributed by atoms with Crippen LogP contribution in [-0.4, -0.2) is 40.6 Å². The molecule has 184 valence electrons. The van der Waals surface area contributed by atoms with Crippen LogP contribution in [0.1, 0.15) is 45.1 Å². The Balaban J connectivity index is 1.27. The fraction of sp³-hybridized carbons (Fsp3) is 0.393. The maximum Gasteiger partial charge on any atom is 0.241 e. The number of likely N-dealkylation sites (tertiary alicyclic amines) is 1. The van der Waals surface area contributed by atoms with Crippen molar-refractivity contribution in [1.29, 1.82) is 0 Å². The third-order valence-electron chi connectivity index (χ3n) is 6.26. The molecular weight excluding hydrogens is 440 g/mol. The molecule has 2 heterocycles. The summed E-state index contributed by atoms with van der Waals surface area (Å²) in [5.74, 6) is 1.93. The summed E-state index contributed by atoms with van der Waals surface area (Å²) < 4.78 is 11.1. The number of carbonyl (C=O) groups is 1. The van der Waals surface area contributed by atoms with Gasteiger partial charge in [-0.1, -0.05) is 68.9 Å². The molecule has 0 saturated carbocycles. The van der Waals surface area contributed by atoms with Crippen molar-refractivity contribution in [3.8, 4) is 17.1 Å². The predicted octanol–water partition coefficient (Wildman–Crippen LogP) is 5.45. The van der Waals surface area contributed by atoms with Crippen LogP contribution < -0.4 is 10.1 Å². The Morgan fingerprint density at radius 1 is 1.20 bits per heavy atom. The van der Waals surface area contributed by atoms with Gasteiger partial charge in [-0.15, -0.1) is 0 Å². The van der Waals surface area contributed by atoms with E-state index in [1.165, 1.54) is 5.56 Å². The van der Waals surface area contributed by atoms with Gasteiger partial charge in [-0.05, 0) is 49.0 Å². The lowest BCUT2D eigenvalue weighted by Crippen LogP contribution is -2.37. The van der Waals surface area contributed by atoms with Crippen molar-refractivity contribution in [3.63, 3.8) is 0 Å². The van der Waals surface area contributed by atoms with Gasteiger partial charge in [-0.25, -0.2) is 0 Å². The minimum absolute atomic E-state index is 0.0245. The summed E-state index contributed by atoms with van der Waals surface area (Å²) >= 11 is 0. The van der Waals surface area contributed by atoms with E-state index in [-0.39, 0.29) is 17.2 Å². The second-order valence-electron chi connectivity index (χ2n) is 10.0. The van der Waals surface area contributed by atoms with Gasteiger partial charge in [0.25, 0.3) is 0 Å². The molecule has 1 aliphatic heterocycles. The third-order valence-corrected chi connectivity index (χ3v) is 6.26. The Bertz CT molecular complexity index is 1140. The summed E-state index contributed by atoms with van der Waals surface area (Å²) in [6.07, 6.45) is 3.26. The van der Waals surface area contributed by atoms with E-state index >= 15 is 0 Å². The molecular formula is C28H34N4O3. The SMILES string of the molecule is C=CCOc1cccc(NC(=O)C2CCN(Cc3nc(-c4ccc(C(C)(C)C)cc4)no3)CC2)c1. The molecule has 1 N–H and O–H groups in total. The molecule has 0 unspecified atom stereocenters. The molecule has 35 heavy (non-hydrogen) atoms. The summed E-state index contributed by atoms with van der Waals surface area (Å²) in [5.41, 5.74) is 3.06. The number of anilines is 1. The van der Waals surface area contributed by atoms with E-state index < -0.39 is 0 Å². The van der Waals surface area contributed by atoms with E-state index in [1.54, 1.807) is 6.08 Å². The maximum absolute atomic E-state index is 12.8. The molecule has 0 radical (unpaired) electrons. The van der Waals surface area contributed by atoms with Crippen LogP contribution in [0.3, 0.4) is 0 Å². The topological polar surface area (TPSA) is 80.5 Å². The molecule has 1 aliphatic rings. The van der Waals surface area contributed by atoms with Crippen LogP contribution in [0.2, 0.25) is 0 Å². The summed E-state index contributed by atoms with van der Waals surface area (Å²) in [7, 11) is 0. The van der Waals surface area contributed by atoms with Crippen LogP contribution in [0, 0.1) is 5.92 Å². The highest BCUT2D eigenvalue weighted by Crippen LogP contribution is 2.26. The van der Waals surface area contributed by atoms with Gasteiger partial charge in [0.05, 0.1) is 6.54 Å². The van der Waals surface area contributed by atoms with Crippen LogP contribution >= 0.6 is 0 Å². The molecule has 7 heteroatoms. The van der Waals surface area contributed by atoms with Gasteiger partial charge < -0.3 is 14.6 Å². The Hall–Kier alpha value is -3.45. The van der Waals surface area contributed by atoms with Crippen LogP contribution in [0.5, 0.6) is 5.75 Å². The van der Waals surface area contributed by atoms with Crippen molar-refractivity contribution in [1.82, 2.24) is 15.0 Å². The normalized spacial score (nSPS) is 15.1. The Kier molecular flexibility index (Phi) is 7.66. The van der Waals surface area contributed by atoms with E-state index in [0.717, 1.165) is 37.2 Å². The molecule has 1 amide bonds. The molecule has 2 aromatic carbocycles. The third kappa shape index (κ3) is 6.57. The first-order valence-electron chi connectivity index (χ1n) is 12.1. The number of nitrogens with one attached hydrogen (secondary N) is 1. The minimum atomic E-state index is -0.0245. The molecule has 0 spiro atoms. The maximum atomic E-state index is 12.8. The zero-order chi connectivity index (χ0) is 24.8. The molecule has 4 rings (SSSR count). The van der Waals surface area contributed by atoms with E-state index in [1.807, 2.05) is 36.4 Å². The molecule has 1 aromatic heterocycles. The minimum Gasteiger partial charge on any atom is -0.489 e. The van der Waals surface area contributed by atoms with E-state index in [2.05, 4.69) is 59.8 Å². The van der Waals surface area contributed by atoms with Gasteiger partial charge in [0.2, 0.25) is 17.6 Å². The molecule has 1 saturated heterocycles. The number of ether oxygens (including phenoxy) is 1. The van der Waals surface area contributed by atoms with Crippen LogP contribution in [0.25, 0.3) is 11.4 Å². The van der Waals surface area contributed by atoms with Gasteiger partial charge in [0, 0.05) is 23.2 Å². The van der Waals surface area contributed by atoms with Gasteiger partial charge in [-0.3, -0.25) is 9.69 Å². The average molecular weight is 475 g/mol. The van der Waals surface area contributed by atoms with Gasteiger partial charge in [-0.2, -0.15) is 4.98 Å². The number of rotatable bonds is 8. The van der Waals surface area contributed by atoms with Gasteiger partial charge >= 0.3 is 0 Å². The Morgan fingerprint density at radius 3 is 2.63 bits per heavy atom. The number of carbonyl (C=O) groups excluding carboxylic acids is 1. The number of hydrogen-bond acceptors (Lipinski definition) is 6. The summed E-state index contributed by atoms with van der Waals surface area (Å²) in [6, 6.07) is 15.8. The number of hydrogen-bond donors (Lipinski definition) is 1. The number of nitrogens with zero attached hydrogens (tertiary/aromatic N) is 3. The van der Waals surface area contributed by atoms with Crippen molar-refractivity contribution < 1.29 is 14.1 Å². The summed E-state index contributed by atoms with van der Waals surface area (Å²) in [5, 5.41) is 7.19. The molecule has 3 aromatic rings. The number of aromatic nitrogens is 2. The number of amides is 1. The van der Waals surface area contributed by atoms with Crippen LogP contribution in [0.15, 0.2) is 65.7 Å². The lowest BCUT2D eigenvalue weighted by atomic mass is 9.87. The zero-order valence-electron chi connectivity index (χ0n) is 20.8. The first kappa shape index (κ1) is 24.7. The van der Waals surface area contributed by atoms with Gasteiger partial charge in [0.1, 0.15) is 12.4 Å². The van der Waals surface area contributed by atoms with Crippen molar-refractivity contribution in [2.45, 2.75) is 45.6 Å². The first-order valence-corrected chi connectivity index (χ1v) is 12.1. The highest BCUT2D eigenvalue weighted by molar-refractivity contribution is 5.92. The highest BCUT2D eigenvalue weighted by atomic mass is 16.5. The van der Waals surface area contributed by atoms with Crippen molar-refractivity contribution >= 4 is 11.6 Å². The monoisotopic (exact) mass is 474 g/mol. The number of piperidine rings is 1. The quantitative estimate of drug-likeness (QED) is 0.437. The number of benzene rings is 2. The fourth-order valence-corrected chi connectivity index (χ4v) is 4.16. The fourth-order valence-electron chi connectivity index (χ4n) is 4.16. The second kappa shape index (κ2) is 10.9. The predicted molar refractivity (Wildman–Crippen MR) is 137 cm³/mol. The largest absolute Gasteiger partial charge is 0.489 e. The van der Waals surface area contributed by atoms with Gasteiger partial charge in [0.15, 0.2) is 0 Å². The van der Waals surface area contributed by atoms with E-state index in [4.69, 9.17) is 9.26 Å². The molecule has 0 aliphatic carbocycles. The summed E-state index contributed by atoms with van der Waals surface area (Å²) in [4.78, 5) is 19.6. The van der Waals surface area contributed by atoms with Crippen molar-refractivity contribution in [3.05, 3.63) is 72.6 Å². The Morgan fingerprint density at radius 2 is 1.94 bits per heavy atom. The van der Waals surface area contributed by atoms with Crippen molar-refractivity contribution in [2.75, 3.05) is 25.0 Å². The van der Waals surface area contributed by atoms with Crippen LogP contribution in [0.4, 0.5) is 5.69 Å². The molecule has 0 bridgehead atoms. The average Bonchev–Trinajstić information content (AvgIpc) is 3.31. The lowest BCUT2D eigenvalue weighted by molar-refractivity contribution is -0.121. The van der Waals surface area contributed by atoms with Crippen LogP contribution in [-0.2, 0) is 16.8 Å². The highest BCUT2D eigenvalue weighted by Gasteiger charge is 2.26. The standard InChI is InChI=1S/C28H34N4O3/c1-5-17-34-24-8-6-7-23(18-24)29-27(33)21-13-15-32(16-14-21)19-25-30-26(31-35-25)20-9-11-22(12-10-20)28(2,3)4/h5-12,18,21H,1,13-17,19H2,2-4H3,(H,29,33). The molecule has 0 atom stereocenters. The lowest BCUT2D eigenvalue weighted by Gasteiger charge is -2.30. The second-order valence-corrected chi connectivity index (χ2v) is 10.0. The first-order chi connectivity index (χ1) is 16.8.